The van der Waals surface area contributed by atoms with Gasteiger partial charge in [-0.1, -0.05) is 0 Å². The number of ether oxygens (including phenoxy) is 2. The predicted molar refractivity (Wildman–Crippen MR) is 111 cm³/mol. The first-order valence-corrected chi connectivity index (χ1v) is 12.0. The van der Waals surface area contributed by atoms with Crippen molar-refractivity contribution in [2.24, 2.45) is 11.1 Å². The first-order chi connectivity index (χ1) is 14.7. The smallest absolute Gasteiger partial charge is 0.463 e. The molecule has 2 saturated heterocycles. The molecular formula is C20H31N2O9P. The second kappa shape index (κ2) is 8.96. The minimum atomic E-state index is -3.99. The van der Waals surface area contributed by atoms with Crippen molar-refractivity contribution in [2.45, 2.75) is 77.5 Å². The van der Waals surface area contributed by atoms with E-state index in [9.17, 15) is 18.9 Å². The maximum Gasteiger partial charge on any atom is 0.475 e. The molecule has 1 amide bonds. The molecular weight excluding hydrogens is 443 g/mol. The van der Waals surface area contributed by atoms with Crippen LogP contribution in [0.5, 0.6) is 0 Å². The number of phosphoric acid groups is 1. The van der Waals surface area contributed by atoms with Crippen molar-refractivity contribution in [2.75, 3.05) is 13.2 Å². The normalized spacial score (nSPS) is 35.3. The number of allylic oxidation sites excluding steroid dienone is 1. The third-order valence-electron chi connectivity index (χ3n) is 5.59. The number of rotatable bonds is 7. The van der Waals surface area contributed by atoms with Crippen molar-refractivity contribution in [3.63, 3.8) is 0 Å². The maximum atomic E-state index is 13.1. The second-order valence-electron chi connectivity index (χ2n) is 9.34. The summed E-state index contributed by atoms with van der Waals surface area (Å²) in [6.07, 6.45) is -0.202. The van der Waals surface area contributed by atoms with Crippen molar-refractivity contribution >= 4 is 25.5 Å². The number of phosphoric ester groups is 1. The van der Waals surface area contributed by atoms with Gasteiger partial charge in [0.05, 0.1) is 36.7 Å². The van der Waals surface area contributed by atoms with Gasteiger partial charge in [-0.3, -0.25) is 32.9 Å². The topological polar surface area (TPSA) is 144 Å². The summed E-state index contributed by atoms with van der Waals surface area (Å²) < 4.78 is 40.6. The van der Waals surface area contributed by atoms with E-state index in [2.05, 4.69) is 0 Å². The van der Waals surface area contributed by atoms with Gasteiger partial charge >= 0.3 is 13.8 Å². The van der Waals surface area contributed by atoms with Gasteiger partial charge in [0.25, 0.3) is 0 Å². The molecule has 3 heterocycles. The van der Waals surface area contributed by atoms with E-state index in [-0.39, 0.29) is 43.9 Å². The number of carbonyl (C=O) groups is 3. The predicted octanol–water partition coefficient (Wildman–Crippen LogP) is 1.65. The molecule has 3 aliphatic heterocycles. The number of fused-ring (bicyclic) bond motifs is 1. The first kappa shape index (κ1) is 25.0. The van der Waals surface area contributed by atoms with Crippen LogP contribution in [-0.4, -0.2) is 65.9 Å². The Morgan fingerprint density at radius 1 is 1.41 bits per heavy atom. The lowest BCUT2D eigenvalue weighted by Gasteiger charge is -2.38. The number of carbonyl (C=O) groups excluding carboxylic acids is 3. The second-order valence-corrected chi connectivity index (χ2v) is 11.0. The summed E-state index contributed by atoms with van der Waals surface area (Å²) in [4.78, 5) is 37.2. The lowest BCUT2D eigenvalue weighted by atomic mass is 9.90. The molecule has 32 heavy (non-hydrogen) atoms. The maximum absolute atomic E-state index is 13.1. The Morgan fingerprint density at radius 2 is 2.09 bits per heavy atom. The molecule has 0 aliphatic carbocycles. The van der Waals surface area contributed by atoms with Crippen LogP contribution in [0.4, 0.5) is 0 Å². The van der Waals surface area contributed by atoms with Gasteiger partial charge in [0.2, 0.25) is 5.91 Å². The molecule has 0 bridgehead atoms. The highest BCUT2D eigenvalue weighted by molar-refractivity contribution is 7.48. The fourth-order valence-electron chi connectivity index (χ4n) is 3.64. The van der Waals surface area contributed by atoms with E-state index in [0.717, 1.165) is 0 Å². The molecule has 0 aromatic carbocycles. The van der Waals surface area contributed by atoms with Gasteiger partial charge in [-0.15, -0.1) is 0 Å². The van der Waals surface area contributed by atoms with Crippen LogP contribution >= 0.6 is 7.82 Å². The van der Waals surface area contributed by atoms with Crippen molar-refractivity contribution < 1.29 is 42.0 Å². The Morgan fingerprint density at radius 3 is 2.72 bits per heavy atom. The minimum absolute atomic E-state index is 0.0735. The fourth-order valence-corrected chi connectivity index (χ4v) is 5.12. The summed E-state index contributed by atoms with van der Waals surface area (Å²) in [5, 5.41) is 0. The van der Waals surface area contributed by atoms with Crippen LogP contribution in [0.25, 0.3) is 0 Å². The first-order valence-electron chi connectivity index (χ1n) is 10.5. The van der Waals surface area contributed by atoms with E-state index in [1.807, 2.05) is 0 Å². The highest BCUT2D eigenvalue weighted by Gasteiger charge is 2.60. The SMILES string of the molecule is CC(C)OC(=O)C(C)(C)CCO[P@]1(=O)OC[C@H]2O[C@@H](N3C=CC(=O)CC3=O)[C@](C)(N)[C@@H]2O1. The number of hydrogen-bond donors (Lipinski definition) is 1. The molecule has 3 aliphatic rings. The van der Waals surface area contributed by atoms with E-state index in [4.69, 9.17) is 28.8 Å². The minimum Gasteiger partial charge on any atom is -0.463 e. The largest absolute Gasteiger partial charge is 0.475 e. The van der Waals surface area contributed by atoms with Crippen molar-refractivity contribution in [1.29, 1.82) is 0 Å². The monoisotopic (exact) mass is 474 g/mol. The molecule has 0 spiro atoms. The van der Waals surface area contributed by atoms with E-state index >= 15 is 0 Å². The van der Waals surface area contributed by atoms with Gasteiger partial charge < -0.3 is 15.2 Å². The van der Waals surface area contributed by atoms with Crippen LogP contribution in [0, 0.1) is 5.41 Å². The summed E-state index contributed by atoms with van der Waals surface area (Å²) in [6.45, 7) is 8.35. The Bertz CT molecular complexity index is 854. The van der Waals surface area contributed by atoms with Gasteiger partial charge in [-0.25, -0.2) is 4.57 Å². The molecule has 0 radical (unpaired) electrons. The standard InChI is InChI=1S/C20H31N2O9P/c1-12(2)29-18(25)19(3,4)7-9-27-32(26)28-11-14-16(31-32)20(5,21)17(30-14)22-8-6-13(23)10-15(22)24/h6,8,12,14,16-17H,7,9-11,21H2,1-5H3/t14-,16-,17-,20-,32-/m1/s1. The summed E-state index contributed by atoms with van der Waals surface area (Å²) in [5.74, 6) is -1.15. The number of esters is 1. The molecule has 2 fully saturated rings. The molecule has 12 heteroatoms. The number of nitrogens with zero attached hydrogens (tertiary/aromatic N) is 1. The number of ketones is 1. The van der Waals surface area contributed by atoms with Crippen LogP contribution in [0.1, 0.15) is 47.5 Å². The zero-order chi connectivity index (χ0) is 23.9. The van der Waals surface area contributed by atoms with E-state index in [1.54, 1.807) is 34.6 Å². The van der Waals surface area contributed by atoms with E-state index < -0.39 is 43.1 Å². The van der Waals surface area contributed by atoms with Crippen LogP contribution in [-0.2, 0) is 42.0 Å². The van der Waals surface area contributed by atoms with Gasteiger partial charge in [0.15, 0.2) is 12.0 Å². The van der Waals surface area contributed by atoms with Crippen LogP contribution in [0.3, 0.4) is 0 Å². The molecule has 180 valence electrons. The Kier molecular flexibility index (Phi) is 7.01. The third-order valence-corrected chi connectivity index (χ3v) is 7.03. The molecule has 3 rings (SSSR count). The molecule has 0 aromatic rings. The van der Waals surface area contributed by atoms with Gasteiger partial charge in [-0.05, 0) is 47.1 Å². The Labute approximate surface area is 187 Å². The van der Waals surface area contributed by atoms with E-state index in [0.29, 0.717) is 0 Å². The van der Waals surface area contributed by atoms with E-state index in [1.165, 1.54) is 17.2 Å². The Hall–Kier alpha value is -1.62. The molecule has 0 aromatic heterocycles. The number of amides is 1. The lowest BCUT2D eigenvalue weighted by molar-refractivity contribution is -0.158. The molecule has 2 N–H and O–H groups in total. The molecule has 0 saturated carbocycles. The van der Waals surface area contributed by atoms with Crippen LogP contribution < -0.4 is 5.73 Å². The van der Waals surface area contributed by atoms with Crippen LogP contribution in [0.15, 0.2) is 12.3 Å². The van der Waals surface area contributed by atoms with Gasteiger partial charge in [-0.2, -0.15) is 0 Å². The van der Waals surface area contributed by atoms with Crippen molar-refractivity contribution in [3.8, 4) is 0 Å². The summed E-state index contributed by atoms with van der Waals surface area (Å²) in [5.41, 5.74) is 4.34. The molecule has 0 unspecified atom stereocenters. The highest BCUT2D eigenvalue weighted by Crippen LogP contribution is 2.57. The summed E-state index contributed by atoms with van der Waals surface area (Å²) in [7, 11) is -3.99. The highest BCUT2D eigenvalue weighted by atomic mass is 31.2. The number of nitrogens with two attached hydrogens (primary N) is 1. The third kappa shape index (κ3) is 5.13. The number of hydrogen-bond acceptors (Lipinski definition) is 10. The molecule has 11 nitrogen and oxygen atoms in total. The average Bonchev–Trinajstić information content (AvgIpc) is 2.91. The fraction of sp³-hybridized carbons (Fsp3) is 0.750. The van der Waals surface area contributed by atoms with Crippen LogP contribution in [0.2, 0.25) is 0 Å². The van der Waals surface area contributed by atoms with Gasteiger partial charge in [0, 0.05) is 6.20 Å². The zero-order valence-electron chi connectivity index (χ0n) is 18.9. The summed E-state index contributed by atoms with van der Waals surface area (Å²) >= 11 is 0. The quantitative estimate of drug-likeness (QED) is 0.328. The van der Waals surface area contributed by atoms with Gasteiger partial charge in [0.1, 0.15) is 12.2 Å². The van der Waals surface area contributed by atoms with Crippen molar-refractivity contribution in [3.05, 3.63) is 12.3 Å². The lowest BCUT2D eigenvalue weighted by Crippen LogP contribution is -2.60. The Balaban J connectivity index is 1.63. The average molecular weight is 474 g/mol. The molecule has 5 atom stereocenters. The summed E-state index contributed by atoms with van der Waals surface area (Å²) in [6, 6.07) is 0. The van der Waals surface area contributed by atoms with Crippen molar-refractivity contribution in [1.82, 2.24) is 4.90 Å². The zero-order valence-corrected chi connectivity index (χ0v) is 19.8.